The number of carboxylic acid groups (broad SMARTS) is 1. The summed E-state index contributed by atoms with van der Waals surface area (Å²) in [5.74, 6) is -1.48. The van der Waals surface area contributed by atoms with Gasteiger partial charge in [-0.3, -0.25) is 49.6 Å². The van der Waals surface area contributed by atoms with E-state index in [4.69, 9.17) is 42.4 Å². The number of ether oxygens (including phenoxy) is 5. The van der Waals surface area contributed by atoms with Gasteiger partial charge in [-0.05, 0) is 118 Å². The van der Waals surface area contributed by atoms with Crippen molar-refractivity contribution in [3.63, 3.8) is 0 Å². The number of rotatable bonds is 33. The Morgan fingerprint density at radius 1 is 0.491 bits per heavy atom. The first-order valence-corrected chi connectivity index (χ1v) is 33.9. The molecule has 0 radical (unpaired) electrons. The Hall–Kier alpha value is -8.60. The van der Waals surface area contributed by atoms with E-state index in [1.165, 1.54) is 55.0 Å². The first-order chi connectivity index (χ1) is 49.7. The molecule has 2 heterocycles. The Balaban J connectivity index is 0.000000578. The SMILES string of the molecule is C[N+](CCOC(=O)OCCl)(Cc1ccc(C#N)cc1)Cc1ccc([N+](=O)[O-])cc1.C[N+](CCOC(=O)OCOC(=O)CCC[N+]1(Cc2ccc([N+](=O)[O-])cc2)CCCCC1)(Cc1ccc(C#N)cc1)Cc1ccc([N+](=O)[O-])cc1.O=C([O-])CCC[N+]1(Cc2ccc([N+](=O)[O-])cc2)CCCCC1.[2H]CF.[Br-].[Br-].[Na+]. The third-order valence-electron chi connectivity index (χ3n) is 17.9. The van der Waals surface area contributed by atoms with Crippen LogP contribution in [0.5, 0.6) is 0 Å². The maximum absolute atomic E-state index is 12.4. The number of nitro benzene ring substituents is 4. The van der Waals surface area contributed by atoms with Crippen LogP contribution in [0, 0.1) is 63.1 Å². The Labute approximate surface area is 665 Å². The van der Waals surface area contributed by atoms with E-state index in [2.05, 4.69) is 16.9 Å². The number of esters is 1. The summed E-state index contributed by atoms with van der Waals surface area (Å²) in [4.78, 5) is 88.7. The standard InChI is InChI=1S/C36H43N5O9.C20H21ClN3O5.C16H22N2O4.CH3F.2BrH.Na/c1-40(25-30-9-7-29(24-37)8-10-30,26-31-11-15-33(16-12-31)38(44)45)22-23-48-36(43)50-28-49-35(42)6-5-21-41(19-3-2-4-20-41)27-32-13-17-34(18-14-32)39(46)47;1-24(10-11-28-20(25)29-15-21,13-17-4-2-16(12-22)3-5-17)14-18-6-8-19(9-7-18)23(26)27;19-16(20)5-4-12-18(10-2-1-3-11-18)13-14-6-8-15(9-7-14)17(21)22;1-2;;;/h7-18H,2-6,19-23,25-28H2,1H3;2-9H,10-11,13-15H2,1H3;6-9H,1-5,10-13H2;1H3;2*1H;/q+2;+1;;;;;+1/p-2/i;;;1D;;;. The molecule has 6 aromatic rings. The summed E-state index contributed by atoms with van der Waals surface area (Å²) in [6.45, 7) is 9.77. The number of likely N-dealkylation sites (tertiary alicyclic amines) is 2. The number of non-ortho nitro benzene ring substituents is 4. The first-order valence-electron chi connectivity index (χ1n) is 34.1. The zero-order valence-electron chi connectivity index (χ0n) is 60.7. The number of nitriles is 2. The van der Waals surface area contributed by atoms with Crippen LogP contribution in [0.25, 0.3) is 0 Å². The largest absolute Gasteiger partial charge is 1.00 e. The van der Waals surface area contributed by atoms with Crippen molar-refractivity contribution in [2.45, 2.75) is 103 Å². The van der Waals surface area contributed by atoms with Gasteiger partial charge in [0.15, 0.2) is 6.07 Å². The molecule has 0 amide bonds. The number of benzene rings is 6. The van der Waals surface area contributed by atoms with E-state index in [0.29, 0.717) is 72.2 Å². The number of nitrogens with zero attached hydrogens (tertiary/aromatic N) is 10. The number of carboxylic acids is 1. The fraction of sp³-hybridized carbons (Fsp3) is 0.425. The molecule has 106 heavy (non-hydrogen) atoms. The Bertz CT molecular complexity index is 3850. The van der Waals surface area contributed by atoms with Gasteiger partial charge in [-0.1, -0.05) is 35.9 Å². The van der Waals surface area contributed by atoms with Crippen LogP contribution in [-0.2, 0) is 72.5 Å². The normalized spacial score (nSPS) is 14.1. The average Bonchev–Trinajstić information content (AvgIpc) is 0.846. The molecule has 2 aliphatic rings. The predicted octanol–water partition coefficient (Wildman–Crippen LogP) is 3.34. The summed E-state index contributed by atoms with van der Waals surface area (Å²) in [5.41, 5.74) is 7.14. The van der Waals surface area contributed by atoms with Gasteiger partial charge in [0.1, 0.15) is 65.6 Å². The van der Waals surface area contributed by atoms with Crippen molar-refractivity contribution < 1.29 is 155 Å². The number of aliphatic carboxylic acids is 1. The Morgan fingerprint density at radius 2 is 0.783 bits per heavy atom. The number of nitro groups is 4. The molecule has 0 aromatic heterocycles. The van der Waals surface area contributed by atoms with Crippen LogP contribution in [0.1, 0.15) is 110 Å². The van der Waals surface area contributed by atoms with Crippen molar-refractivity contribution in [3.05, 3.63) is 231 Å². The van der Waals surface area contributed by atoms with Crippen LogP contribution in [0.4, 0.5) is 36.7 Å². The molecule has 6 aromatic carbocycles. The number of quaternary nitrogens is 4. The van der Waals surface area contributed by atoms with Crippen molar-refractivity contribution >= 4 is 58.6 Å². The zero-order valence-corrected chi connectivity index (χ0v) is 65.6. The number of carbonyl (C=O) groups excluding carboxylic acids is 4. The molecular formula is C73H89Br2ClFN10NaO18+2. The van der Waals surface area contributed by atoms with E-state index in [1.54, 1.807) is 60.7 Å². The molecule has 0 saturated carbocycles. The summed E-state index contributed by atoms with van der Waals surface area (Å²) < 4.78 is 43.1. The molecule has 2 atom stereocenters. The van der Waals surface area contributed by atoms with Gasteiger partial charge in [-0.15, -0.1) is 0 Å². The average molecular weight is 1630 g/mol. The summed E-state index contributed by atoms with van der Waals surface area (Å²) in [7, 11) is 2.97. The predicted molar refractivity (Wildman–Crippen MR) is 374 cm³/mol. The number of piperidine rings is 2. The molecule has 0 aliphatic carbocycles. The molecule has 28 nitrogen and oxygen atoms in total. The van der Waals surface area contributed by atoms with Crippen LogP contribution >= 0.6 is 11.6 Å². The maximum atomic E-state index is 12.4. The van der Waals surface area contributed by atoms with Crippen LogP contribution in [0.15, 0.2) is 146 Å². The number of hydrogen-bond acceptors (Lipinski definition) is 20. The molecule has 566 valence electrons. The van der Waals surface area contributed by atoms with E-state index in [9.17, 15) is 69.1 Å². The van der Waals surface area contributed by atoms with Gasteiger partial charge in [0, 0.05) is 101 Å². The van der Waals surface area contributed by atoms with Gasteiger partial charge >= 0.3 is 47.8 Å². The quantitative estimate of drug-likeness (QED) is 0.00833. The third kappa shape index (κ3) is 33.9. The molecule has 0 spiro atoms. The van der Waals surface area contributed by atoms with Gasteiger partial charge in [0.25, 0.3) is 22.7 Å². The number of halogens is 4. The van der Waals surface area contributed by atoms with Gasteiger partial charge in [-0.25, -0.2) is 9.59 Å². The molecule has 0 bridgehead atoms. The second-order valence-corrected chi connectivity index (χ2v) is 26.1. The Morgan fingerprint density at radius 3 is 1.08 bits per heavy atom. The van der Waals surface area contributed by atoms with E-state index >= 15 is 0 Å². The molecule has 2 fully saturated rings. The number of likely N-dealkylation sites (N-methyl/N-ethyl adjacent to an activating group) is 2. The summed E-state index contributed by atoms with van der Waals surface area (Å²) in [5, 5.41) is 72.4. The van der Waals surface area contributed by atoms with Crippen molar-refractivity contribution in [2.75, 3.05) is 99.7 Å². The van der Waals surface area contributed by atoms with Gasteiger partial charge in [-0.2, -0.15) is 10.5 Å². The minimum atomic E-state index is -1.00. The van der Waals surface area contributed by atoms with E-state index in [0.717, 1.165) is 127 Å². The monoisotopic (exact) mass is 1630 g/mol. The summed E-state index contributed by atoms with van der Waals surface area (Å²) >= 11 is 5.34. The molecule has 2 unspecified atom stereocenters. The molecule has 2 aliphatic heterocycles. The topological polar surface area (TPSA) is 358 Å². The van der Waals surface area contributed by atoms with E-state index in [-0.39, 0.29) is 118 Å². The minimum absolute atomic E-state index is 0. The van der Waals surface area contributed by atoms with Crippen LogP contribution in [0.2, 0.25) is 0 Å². The van der Waals surface area contributed by atoms with Gasteiger partial charge in [0.05, 0.1) is 111 Å². The van der Waals surface area contributed by atoms with Crippen LogP contribution < -0.4 is 68.6 Å². The Kier molecular flexibility index (Phi) is 42.0. The molecule has 33 heteroatoms. The van der Waals surface area contributed by atoms with Gasteiger partial charge < -0.3 is 85.5 Å². The number of alkyl halides is 2. The van der Waals surface area contributed by atoms with Crippen LogP contribution in [-0.4, -0.2) is 162 Å². The van der Waals surface area contributed by atoms with Crippen molar-refractivity contribution in [3.8, 4) is 12.1 Å². The molecule has 8 rings (SSSR count). The smallest absolute Gasteiger partial charge is 1.00 e. The summed E-state index contributed by atoms with van der Waals surface area (Å²) in [6, 6.07) is 44.4. The second-order valence-electron chi connectivity index (χ2n) is 25.9. The fourth-order valence-corrected chi connectivity index (χ4v) is 12.8. The molecular weight excluding hydrogens is 1540 g/mol. The first kappa shape index (κ1) is 91.6. The van der Waals surface area contributed by atoms with Crippen molar-refractivity contribution in [1.29, 1.82) is 10.5 Å². The zero-order chi connectivity index (χ0) is 76.0. The third-order valence-corrected chi connectivity index (χ3v) is 18.0. The van der Waals surface area contributed by atoms with Crippen molar-refractivity contribution in [1.82, 2.24) is 0 Å². The van der Waals surface area contributed by atoms with E-state index in [1.807, 2.05) is 50.5 Å². The van der Waals surface area contributed by atoms with Gasteiger partial charge in [0.2, 0.25) is 6.79 Å². The molecule has 2 saturated heterocycles. The molecule has 0 N–H and O–H groups in total. The maximum Gasteiger partial charge on any atom is 1.00 e. The fourth-order valence-electron chi connectivity index (χ4n) is 12.7. The number of carbonyl (C=O) groups is 4. The summed E-state index contributed by atoms with van der Waals surface area (Å²) in [6.07, 6.45) is 6.50. The van der Waals surface area contributed by atoms with Crippen LogP contribution in [0.3, 0.4) is 0 Å². The van der Waals surface area contributed by atoms with Crippen molar-refractivity contribution in [2.24, 2.45) is 0 Å². The minimum Gasteiger partial charge on any atom is -1.00 e. The number of hydrogen-bond donors (Lipinski definition) is 0. The van der Waals surface area contributed by atoms with E-state index < -0.39 is 57.9 Å². The second kappa shape index (κ2) is 48.6.